The molecule has 1 aliphatic rings. The van der Waals surface area contributed by atoms with Crippen molar-refractivity contribution in [3.8, 4) is 16.6 Å². The minimum absolute atomic E-state index is 0.0306. The second kappa shape index (κ2) is 6.38. The van der Waals surface area contributed by atoms with E-state index in [0.717, 1.165) is 16.0 Å². The standard InChI is InChI=1S/C21H16N4O2S/c1-12(26)16-13(2)27-21-18(17(16)14-7-4-3-5-8-14)20-23-19(15-9-6-10-28-15)24-25(20)11-22-21/h3-11,17H,1-2H3. The molecular weight excluding hydrogens is 372 g/mol. The zero-order valence-electron chi connectivity index (χ0n) is 15.3. The number of hydrogen-bond acceptors (Lipinski definition) is 6. The first-order valence-corrected chi connectivity index (χ1v) is 9.75. The fourth-order valence-corrected chi connectivity index (χ4v) is 4.33. The fraction of sp³-hybridized carbons (Fsp3) is 0.143. The Bertz CT molecular complexity index is 1230. The number of carbonyl (C=O) groups is 1. The number of benzene rings is 1. The third-order valence-electron chi connectivity index (χ3n) is 4.85. The van der Waals surface area contributed by atoms with Crippen molar-refractivity contribution in [1.82, 2.24) is 19.6 Å². The highest BCUT2D eigenvalue weighted by Crippen LogP contribution is 2.44. The van der Waals surface area contributed by atoms with Gasteiger partial charge in [0.05, 0.1) is 10.4 Å². The normalized spacial score (nSPS) is 16.1. The van der Waals surface area contributed by atoms with E-state index in [9.17, 15) is 4.79 Å². The van der Waals surface area contributed by atoms with Crippen LogP contribution in [-0.4, -0.2) is 25.4 Å². The number of hydrogen-bond donors (Lipinski definition) is 0. The van der Waals surface area contributed by atoms with Crippen molar-refractivity contribution in [2.75, 3.05) is 0 Å². The summed E-state index contributed by atoms with van der Waals surface area (Å²) in [6.07, 6.45) is 1.60. The van der Waals surface area contributed by atoms with Gasteiger partial charge in [0.2, 0.25) is 5.88 Å². The van der Waals surface area contributed by atoms with Crippen LogP contribution in [-0.2, 0) is 4.79 Å². The average Bonchev–Trinajstić information content (AvgIpc) is 3.36. The number of allylic oxidation sites excluding steroid dienone is 2. The van der Waals surface area contributed by atoms with Crippen LogP contribution in [0.4, 0.5) is 0 Å². The minimum Gasteiger partial charge on any atom is -0.443 e. The zero-order valence-corrected chi connectivity index (χ0v) is 16.1. The maximum atomic E-state index is 12.5. The first-order valence-electron chi connectivity index (χ1n) is 8.87. The molecule has 1 aliphatic heterocycles. The van der Waals surface area contributed by atoms with Crippen molar-refractivity contribution in [3.63, 3.8) is 0 Å². The zero-order chi connectivity index (χ0) is 19.3. The highest BCUT2D eigenvalue weighted by Gasteiger charge is 2.35. The van der Waals surface area contributed by atoms with Gasteiger partial charge in [0.1, 0.15) is 12.1 Å². The van der Waals surface area contributed by atoms with Gasteiger partial charge < -0.3 is 4.74 Å². The molecule has 0 radical (unpaired) electrons. The van der Waals surface area contributed by atoms with Crippen molar-refractivity contribution >= 4 is 22.8 Å². The predicted molar refractivity (Wildman–Crippen MR) is 106 cm³/mol. The maximum absolute atomic E-state index is 12.5. The van der Waals surface area contributed by atoms with Crippen molar-refractivity contribution in [2.24, 2.45) is 0 Å². The molecule has 0 saturated carbocycles. The van der Waals surface area contributed by atoms with Crippen LogP contribution in [0.1, 0.15) is 30.9 Å². The third-order valence-corrected chi connectivity index (χ3v) is 5.71. The van der Waals surface area contributed by atoms with E-state index >= 15 is 0 Å². The number of aromatic nitrogens is 4. The Morgan fingerprint density at radius 2 is 2.00 bits per heavy atom. The number of carbonyl (C=O) groups excluding carboxylic acids is 1. The average molecular weight is 388 g/mol. The molecular formula is C21H16N4O2S. The molecule has 1 unspecified atom stereocenters. The molecule has 0 N–H and O–H groups in total. The smallest absolute Gasteiger partial charge is 0.228 e. The molecule has 7 heteroatoms. The quantitative estimate of drug-likeness (QED) is 0.525. The van der Waals surface area contributed by atoms with Gasteiger partial charge in [-0.25, -0.2) is 14.5 Å². The largest absolute Gasteiger partial charge is 0.443 e. The molecule has 0 bridgehead atoms. The fourth-order valence-electron chi connectivity index (χ4n) is 3.68. The molecule has 1 atom stereocenters. The number of Topliss-reactive ketones (excluding diaryl/α,β-unsaturated/α-hetero) is 1. The van der Waals surface area contributed by atoms with E-state index in [1.54, 1.807) is 29.1 Å². The third kappa shape index (κ3) is 2.55. The molecule has 0 spiro atoms. The van der Waals surface area contributed by atoms with Gasteiger partial charge in [-0.15, -0.1) is 16.4 Å². The summed E-state index contributed by atoms with van der Waals surface area (Å²) in [6.45, 7) is 3.37. The molecule has 5 rings (SSSR count). The first-order chi connectivity index (χ1) is 13.6. The molecule has 0 saturated heterocycles. The Hall–Kier alpha value is -3.32. The molecule has 3 aromatic heterocycles. The van der Waals surface area contributed by atoms with Crippen LogP contribution in [0.5, 0.6) is 5.88 Å². The maximum Gasteiger partial charge on any atom is 0.228 e. The molecule has 28 heavy (non-hydrogen) atoms. The predicted octanol–water partition coefficient (Wildman–Crippen LogP) is 4.24. The van der Waals surface area contributed by atoms with E-state index in [1.807, 2.05) is 54.8 Å². The molecule has 4 heterocycles. The van der Waals surface area contributed by atoms with E-state index in [-0.39, 0.29) is 11.7 Å². The van der Waals surface area contributed by atoms with Crippen LogP contribution in [0.15, 0.2) is 65.5 Å². The van der Waals surface area contributed by atoms with Crippen LogP contribution in [0.2, 0.25) is 0 Å². The van der Waals surface area contributed by atoms with Crippen LogP contribution < -0.4 is 4.74 Å². The van der Waals surface area contributed by atoms with Crippen LogP contribution in [0, 0.1) is 0 Å². The molecule has 138 valence electrons. The summed E-state index contributed by atoms with van der Waals surface area (Å²) in [7, 11) is 0. The Morgan fingerprint density at radius 3 is 2.71 bits per heavy atom. The summed E-state index contributed by atoms with van der Waals surface area (Å²) in [5, 5.41) is 6.57. The number of nitrogens with zero attached hydrogens (tertiary/aromatic N) is 4. The van der Waals surface area contributed by atoms with Crippen molar-refractivity contribution in [2.45, 2.75) is 19.8 Å². The van der Waals surface area contributed by atoms with Gasteiger partial charge in [-0.1, -0.05) is 36.4 Å². The number of ketones is 1. The number of fused-ring (bicyclic) bond motifs is 3. The lowest BCUT2D eigenvalue weighted by atomic mass is 9.82. The lowest BCUT2D eigenvalue weighted by molar-refractivity contribution is -0.114. The molecule has 0 aliphatic carbocycles. The summed E-state index contributed by atoms with van der Waals surface area (Å²) in [5.74, 6) is 1.33. The highest BCUT2D eigenvalue weighted by atomic mass is 32.1. The second-order valence-electron chi connectivity index (χ2n) is 6.62. The molecule has 1 aromatic carbocycles. The van der Waals surface area contributed by atoms with Gasteiger partial charge in [0.25, 0.3) is 0 Å². The molecule has 0 fully saturated rings. The van der Waals surface area contributed by atoms with Gasteiger partial charge >= 0.3 is 0 Å². The van der Waals surface area contributed by atoms with E-state index in [0.29, 0.717) is 28.7 Å². The lowest BCUT2D eigenvalue weighted by Crippen LogP contribution is -2.22. The summed E-state index contributed by atoms with van der Waals surface area (Å²) < 4.78 is 7.59. The van der Waals surface area contributed by atoms with Gasteiger partial charge in [-0.2, -0.15) is 0 Å². The Kier molecular flexibility index (Phi) is 3.84. The first kappa shape index (κ1) is 16.8. The Morgan fingerprint density at radius 1 is 1.18 bits per heavy atom. The lowest BCUT2D eigenvalue weighted by Gasteiger charge is -2.28. The van der Waals surface area contributed by atoms with E-state index in [2.05, 4.69) is 10.1 Å². The number of thiophene rings is 1. The Balaban J connectivity index is 1.80. The van der Waals surface area contributed by atoms with E-state index in [4.69, 9.17) is 9.72 Å². The van der Waals surface area contributed by atoms with Crippen LogP contribution in [0.3, 0.4) is 0 Å². The monoisotopic (exact) mass is 388 g/mol. The van der Waals surface area contributed by atoms with Gasteiger partial charge in [0.15, 0.2) is 17.3 Å². The minimum atomic E-state index is -0.306. The second-order valence-corrected chi connectivity index (χ2v) is 7.56. The molecule has 6 nitrogen and oxygen atoms in total. The topological polar surface area (TPSA) is 69.4 Å². The van der Waals surface area contributed by atoms with Crippen LogP contribution >= 0.6 is 11.3 Å². The highest BCUT2D eigenvalue weighted by molar-refractivity contribution is 7.13. The SMILES string of the molecule is CC(=O)C1=C(C)Oc2ncn3nc(-c4cccs4)nc3c2C1c1ccccc1. The summed E-state index contributed by atoms with van der Waals surface area (Å²) in [6, 6.07) is 13.9. The van der Waals surface area contributed by atoms with E-state index in [1.165, 1.54) is 0 Å². The summed E-state index contributed by atoms with van der Waals surface area (Å²) in [5.41, 5.74) is 3.02. The number of ether oxygens (including phenoxy) is 1. The van der Waals surface area contributed by atoms with Crippen molar-refractivity contribution in [1.29, 1.82) is 0 Å². The molecule has 0 amide bonds. The van der Waals surface area contributed by atoms with Gasteiger partial charge in [-0.05, 0) is 30.9 Å². The van der Waals surface area contributed by atoms with E-state index < -0.39 is 0 Å². The van der Waals surface area contributed by atoms with Gasteiger partial charge in [0, 0.05) is 11.5 Å². The van der Waals surface area contributed by atoms with Crippen molar-refractivity contribution in [3.05, 3.63) is 76.6 Å². The Labute approximate surface area is 165 Å². The summed E-state index contributed by atoms with van der Waals surface area (Å²) >= 11 is 1.58. The van der Waals surface area contributed by atoms with Gasteiger partial charge in [-0.3, -0.25) is 4.79 Å². The number of rotatable bonds is 3. The van der Waals surface area contributed by atoms with Crippen LogP contribution in [0.25, 0.3) is 16.3 Å². The van der Waals surface area contributed by atoms with Crippen molar-refractivity contribution < 1.29 is 9.53 Å². The summed E-state index contributed by atoms with van der Waals surface area (Å²) in [4.78, 5) is 22.7. The molecule has 4 aromatic rings.